The van der Waals surface area contributed by atoms with Gasteiger partial charge in [-0.05, 0) is 49.6 Å². The summed E-state index contributed by atoms with van der Waals surface area (Å²) >= 11 is 0. The number of benzene rings is 2. The van der Waals surface area contributed by atoms with Gasteiger partial charge in [0.1, 0.15) is 12.4 Å². The first-order chi connectivity index (χ1) is 16.1. The number of hydrogen-bond donors (Lipinski definition) is 3. The van der Waals surface area contributed by atoms with Crippen LogP contribution in [0.3, 0.4) is 0 Å². The lowest BCUT2D eigenvalue weighted by molar-refractivity contribution is -0.124. The molecular formula is C25H29N5O3. The van der Waals surface area contributed by atoms with Gasteiger partial charge in [-0.3, -0.25) is 9.79 Å². The lowest BCUT2D eigenvalue weighted by atomic mass is 10.1. The number of hydrogen-bond acceptors (Lipinski definition) is 5. The van der Waals surface area contributed by atoms with Crippen molar-refractivity contribution in [1.82, 2.24) is 15.6 Å². The summed E-state index contributed by atoms with van der Waals surface area (Å²) < 4.78 is 11.1. The first-order valence-corrected chi connectivity index (χ1v) is 11.1. The van der Waals surface area contributed by atoms with Crippen molar-refractivity contribution in [2.24, 2.45) is 4.99 Å². The van der Waals surface area contributed by atoms with E-state index in [1.807, 2.05) is 55.5 Å². The van der Waals surface area contributed by atoms with Crippen molar-refractivity contribution < 1.29 is 13.9 Å². The molecule has 1 saturated heterocycles. The number of nitrogens with zero attached hydrogens (tertiary/aromatic N) is 2. The van der Waals surface area contributed by atoms with Crippen molar-refractivity contribution >= 4 is 17.6 Å². The number of aliphatic imine (C=N–C) groups is 1. The van der Waals surface area contributed by atoms with Gasteiger partial charge in [0.05, 0.1) is 12.2 Å². The third kappa shape index (κ3) is 6.20. The third-order valence-electron chi connectivity index (χ3n) is 5.39. The fourth-order valence-electron chi connectivity index (χ4n) is 3.56. The minimum Gasteiger partial charge on any atom is -0.444 e. The maximum Gasteiger partial charge on any atom is 0.253 e. The average molecular weight is 448 g/mol. The summed E-state index contributed by atoms with van der Waals surface area (Å²) in [6.45, 7) is 3.73. The average Bonchev–Trinajstić information content (AvgIpc) is 3.53. The Kier molecular flexibility index (Phi) is 7.36. The minimum absolute atomic E-state index is 0.0901. The molecule has 0 radical (unpaired) electrons. The van der Waals surface area contributed by atoms with Gasteiger partial charge in [0.15, 0.2) is 5.96 Å². The molecule has 1 aliphatic heterocycles. The second-order valence-corrected chi connectivity index (χ2v) is 7.98. The van der Waals surface area contributed by atoms with Crippen LogP contribution >= 0.6 is 0 Å². The Morgan fingerprint density at radius 3 is 2.73 bits per heavy atom. The summed E-state index contributed by atoms with van der Waals surface area (Å²) in [5.41, 5.74) is 4.70. The number of aromatic nitrogens is 1. The second kappa shape index (κ2) is 10.8. The number of carbonyl (C=O) groups is 1. The van der Waals surface area contributed by atoms with E-state index >= 15 is 0 Å². The standard InChI is InChI=1S/C25H29N5O3/c1-17-8-10-19(11-9-17)24-30-21(16-33-24)15-28-25(26-2)27-14-18-5-3-6-20(13-18)29-23(31)22-7-4-12-32-22/h3,5-6,8-11,13,16,22H,4,7,12,14-15H2,1-2H3,(H,29,31)(H2,26,27,28). The van der Waals surface area contributed by atoms with Gasteiger partial charge >= 0.3 is 0 Å². The monoisotopic (exact) mass is 447 g/mol. The molecule has 33 heavy (non-hydrogen) atoms. The summed E-state index contributed by atoms with van der Waals surface area (Å²) in [6, 6.07) is 15.8. The lowest BCUT2D eigenvalue weighted by Crippen LogP contribution is -2.36. The highest BCUT2D eigenvalue weighted by Gasteiger charge is 2.23. The number of guanidine groups is 1. The molecule has 3 aromatic rings. The molecule has 8 nitrogen and oxygen atoms in total. The van der Waals surface area contributed by atoms with E-state index in [0.29, 0.717) is 31.5 Å². The molecule has 2 aromatic carbocycles. The van der Waals surface area contributed by atoms with Crippen LogP contribution in [0.2, 0.25) is 0 Å². The van der Waals surface area contributed by atoms with E-state index in [2.05, 4.69) is 25.9 Å². The Bertz CT molecular complexity index is 1100. The van der Waals surface area contributed by atoms with Crippen molar-refractivity contribution in [1.29, 1.82) is 0 Å². The molecule has 2 heterocycles. The Hall–Kier alpha value is -3.65. The number of anilines is 1. The second-order valence-electron chi connectivity index (χ2n) is 7.98. The third-order valence-corrected chi connectivity index (χ3v) is 5.39. The minimum atomic E-state index is -0.349. The van der Waals surface area contributed by atoms with Crippen molar-refractivity contribution in [3.63, 3.8) is 0 Å². The van der Waals surface area contributed by atoms with E-state index in [1.54, 1.807) is 13.3 Å². The summed E-state index contributed by atoms with van der Waals surface area (Å²) in [5, 5.41) is 9.46. The topological polar surface area (TPSA) is 101 Å². The summed E-state index contributed by atoms with van der Waals surface area (Å²) in [6.07, 6.45) is 3.00. The fraction of sp³-hybridized carbons (Fsp3) is 0.320. The van der Waals surface area contributed by atoms with Crippen LogP contribution in [0.15, 0.2) is 64.2 Å². The molecule has 1 aliphatic rings. The van der Waals surface area contributed by atoms with Crippen LogP contribution in [0.4, 0.5) is 5.69 Å². The van der Waals surface area contributed by atoms with Crippen LogP contribution in [0.1, 0.15) is 29.7 Å². The summed E-state index contributed by atoms with van der Waals surface area (Å²) in [4.78, 5) is 21.1. The van der Waals surface area contributed by atoms with Gasteiger partial charge in [-0.1, -0.05) is 29.8 Å². The van der Waals surface area contributed by atoms with Crippen LogP contribution in [-0.4, -0.2) is 36.6 Å². The van der Waals surface area contributed by atoms with Gasteiger partial charge in [0, 0.05) is 31.5 Å². The van der Waals surface area contributed by atoms with Crippen molar-refractivity contribution in [3.05, 3.63) is 71.6 Å². The number of amides is 1. The molecule has 0 aliphatic carbocycles. The SMILES string of the molecule is CN=C(NCc1cccc(NC(=O)C2CCCO2)c1)NCc1coc(-c2ccc(C)cc2)n1. The van der Waals surface area contributed by atoms with Crippen LogP contribution in [-0.2, 0) is 22.6 Å². The predicted octanol–water partition coefficient (Wildman–Crippen LogP) is 3.63. The first kappa shape index (κ1) is 22.5. The van der Waals surface area contributed by atoms with E-state index in [-0.39, 0.29) is 12.0 Å². The molecule has 3 N–H and O–H groups in total. The van der Waals surface area contributed by atoms with Crippen LogP contribution in [0.25, 0.3) is 11.5 Å². The number of oxazole rings is 1. The lowest BCUT2D eigenvalue weighted by Gasteiger charge is -2.13. The highest BCUT2D eigenvalue weighted by Crippen LogP contribution is 2.19. The molecular weight excluding hydrogens is 418 g/mol. The number of rotatable bonds is 7. The molecule has 0 saturated carbocycles. The highest BCUT2D eigenvalue weighted by molar-refractivity contribution is 5.94. The number of nitrogens with one attached hydrogen (secondary N) is 3. The van der Waals surface area contributed by atoms with E-state index in [4.69, 9.17) is 9.15 Å². The Morgan fingerprint density at radius 2 is 1.97 bits per heavy atom. The Morgan fingerprint density at radius 1 is 1.15 bits per heavy atom. The molecule has 8 heteroatoms. The molecule has 0 spiro atoms. The molecule has 1 aromatic heterocycles. The van der Waals surface area contributed by atoms with Crippen molar-refractivity contribution in [2.45, 2.75) is 39.0 Å². The molecule has 1 amide bonds. The van der Waals surface area contributed by atoms with Gasteiger partial charge < -0.3 is 25.1 Å². The fourth-order valence-corrected chi connectivity index (χ4v) is 3.56. The van der Waals surface area contributed by atoms with Gasteiger partial charge in [-0.25, -0.2) is 4.98 Å². The summed E-state index contributed by atoms with van der Waals surface area (Å²) in [7, 11) is 1.72. The van der Waals surface area contributed by atoms with E-state index in [9.17, 15) is 4.79 Å². The van der Waals surface area contributed by atoms with Crippen LogP contribution in [0.5, 0.6) is 0 Å². The largest absolute Gasteiger partial charge is 0.444 e. The zero-order valence-corrected chi connectivity index (χ0v) is 18.9. The van der Waals surface area contributed by atoms with Crippen LogP contribution < -0.4 is 16.0 Å². The molecule has 1 fully saturated rings. The quantitative estimate of drug-likeness (QED) is 0.378. The number of ether oxygens (including phenoxy) is 1. The van der Waals surface area contributed by atoms with Crippen molar-refractivity contribution in [2.75, 3.05) is 19.0 Å². The summed E-state index contributed by atoms with van der Waals surface area (Å²) in [5.74, 6) is 1.15. The molecule has 1 atom stereocenters. The normalized spacial score (nSPS) is 15.9. The highest BCUT2D eigenvalue weighted by atomic mass is 16.5. The Balaban J connectivity index is 1.27. The predicted molar refractivity (Wildman–Crippen MR) is 128 cm³/mol. The first-order valence-electron chi connectivity index (χ1n) is 11.1. The maximum absolute atomic E-state index is 12.3. The smallest absolute Gasteiger partial charge is 0.253 e. The van der Waals surface area contributed by atoms with E-state index < -0.39 is 0 Å². The van der Waals surface area contributed by atoms with Gasteiger partial charge in [0.25, 0.3) is 5.91 Å². The van der Waals surface area contributed by atoms with Gasteiger partial charge in [-0.15, -0.1) is 0 Å². The zero-order valence-electron chi connectivity index (χ0n) is 18.9. The maximum atomic E-state index is 12.3. The molecule has 172 valence electrons. The zero-order chi connectivity index (χ0) is 23.0. The van der Waals surface area contributed by atoms with Crippen molar-refractivity contribution in [3.8, 4) is 11.5 Å². The van der Waals surface area contributed by atoms with E-state index in [1.165, 1.54) is 5.56 Å². The molecule has 0 bridgehead atoms. The van der Waals surface area contributed by atoms with E-state index in [0.717, 1.165) is 35.3 Å². The van der Waals surface area contributed by atoms with Gasteiger partial charge in [-0.2, -0.15) is 0 Å². The van der Waals surface area contributed by atoms with Gasteiger partial charge in [0.2, 0.25) is 5.89 Å². The molecule has 4 rings (SSSR count). The number of carbonyl (C=O) groups excluding carboxylic acids is 1. The number of aryl methyl sites for hydroxylation is 1. The Labute approximate surface area is 193 Å². The molecule has 1 unspecified atom stereocenters. The van der Waals surface area contributed by atoms with Crippen LogP contribution in [0, 0.1) is 6.92 Å².